The fourth-order valence-electron chi connectivity index (χ4n) is 2.02. The van der Waals surface area contributed by atoms with Crippen LogP contribution < -0.4 is 5.32 Å². The summed E-state index contributed by atoms with van der Waals surface area (Å²) in [6.45, 7) is -0.597. The highest BCUT2D eigenvalue weighted by molar-refractivity contribution is 8.00. The van der Waals surface area contributed by atoms with Crippen molar-refractivity contribution in [3.8, 4) is 0 Å². The van der Waals surface area contributed by atoms with Crippen LogP contribution in [0.3, 0.4) is 0 Å². The van der Waals surface area contributed by atoms with E-state index in [-0.39, 0.29) is 27.9 Å². The molecule has 6 nitrogen and oxygen atoms in total. The Hall–Kier alpha value is -2.58. The second kappa shape index (κ2) is 10.1. The molecular weight excluding hydrogens is 407 g/mol. The molecule has 1 N–H and O–H groups in total. The number of rotatable bonds is 7. The first-order valence-corrected chi connectivity index (χ1v) is 9.48. The van der Waals surface area contributed by atoms with Gasteiger partial charge in [0.15, 0.2) is 6.61 Å². The van der Waals surface area contributed by atoms with E-state index in [9.17, 15) is 18.8 Å². The van der Waals surface area contributed by atoms with Gasteiger partial charge in [0, 0.05) is 24.0 Å². The third-order valence-electron chi connectivity index (χ3n) is 3.49. The zero-order valence-electron chi connectivity index (χ0n) is 15.2. The number of amides is 2. The molecule has 0 aromatic heterocycles. The molecule has 148 valence electrons. The maximum absolute atomic E-state index is 13.6. The zero-order valence-corrected chi connectivity index (χ0v) is 16.8. The minimum atomic E-state index is -0.720. The van der Waals surface area contributed by atoms with Crippen LogP contribution in [-0.4, -0.2) is 49.1 Å². The number of halogens is 2. The van der Waals surface area contributed by atoms with Crippen LogP contribution in [0, 0.1) is 5.82 Å². The zero-order chi connectivity index (χ0) is 20.7. The first-order valence-electron chi connectivity index (χ1n) is 8.12. The van der Waals surface area contributed by atoms with Crippen LogP contribution >= 0.6 is 23.4 Å². The average molecular weight is 425 g/mol. The van der Waals surface area contributed by atoms with Crippen molar-refractivity contribution in [2.24, 2.45) is 0 Å². The fourth-order valence-corrected chi connectivity index (χ4v) is 3.21. The summed E-state index contributed by atoms with van der Waals surface area (Å²) in [4.78, 5) is 38.0. The number of anilines is 1. The highest BCUT2D eigenvalue weighted by atomic mass is 35.5. The Morgan fingerprint density at radius 1 is 1.18 bits per heavy atom. The summed E-state index contributed by atoms with van der Waals surface area (Å²) in [6.07, 6.45) is 0. The molecule has 28 heavy (non-hydrogen) atoms. The van der Waals surface area contributed by atoms with Crippen molar-refractivity contribution in [3.63, 3.8) is 0 Å². The second-order valence-corrected chi connectivity index (χ2v) is 7.28. The summed E-state index contributed by atoms with van der Waals surface area (Å²) in [6, 6.07) is 10.3. The number of thioether (sulfide) groups is 1. The molecule has 0 unspecified atom stereocenters. The van der Waals surface area contributed by atoms with E-state index >= 15 is 0 Å². The molecule has 0 spiro atoms. The number of nitrogens with one attached hydrogen (secondary N) is 1. The normalized spacial score (nSPS) is 10.3. The Morgan fingerprint density at radius 3 is 2.61 bits per heavy atom. The summed E-state index contributed by atoms with van der Waals surface area (Å²) < 4.78 is 18.7. The number of esters is 1. The quantitative estimate of drug-likeness (QED) is 0.544. The number of hydrogen-bond acceptors (Lipinski definition) is 5. The molecule has 0 atom stereocenters. The molecule has 0 bridgehead atoms. The molecule has 0 radical (unpaired) electrons. The lowest BCUT2D eigenvalue weighted by Gasteiger charge is -2.12. The molecule has 2 aromatic rings. The summed E-state index contributed by atoms with van der Waals surface area (Å²) >= 11 is 6.96. The van der Waals surface area contributed by atoms with E-state index in [1.165, 1.54) is 28.8 Å². The van der Waals surface area contributed by atoms with Gasteiger partial charge in [-0.2, -0.15) is 0 Å². The molecule has 0 aliphatic rings. The summed E-state index contributed by atoms with van der Waals surface area (Å²) in [5.74, 6) is -2.02. The van der Waals surface area contributed by atoms with Crippen molar-refractivity contribution in [3.05, 3.63) is 58.9 Å². The van der Waals surface area contributed by atoms with Gasteiger partial charge in [-0.05, 0) is 30.3 Å². The average Bonchev–Trinajstić information content (AvgIpc) is 2.67. The fraction of sp³-hybridized carbons (Fsp3) is 0.211. The molecule has 2 amide bonds. The molecule has 2 rings (SSSR count). The third-order valence-corrected chi connectivity index (χ3v) is 4.79. The lowest BCUT2D eigenvalue weighted by molar-refractivity contribution is -0.125. The lowest BCUT2D eigenvalue weighted by atomic mass is 10.2. The monoisotopic (exact) mass is 424 g/mol. The predicted octanol–water partition coefficient (Wildman–Crippen LogP) is 3.45. The van der Waals surface area contributed by atoms with Gasteiger partial charge in [-0.3, -0.25) is 9.59 Å². The minimum Gasteiger partial charge on any atom is -0.452 e. The molecule has 9 heteroatoms. The highest BCUT2D eigenvalue weighted by Gasteiger charge is 2.16. The summed E-state index contributed by atoms with van der Waals surface area (Å²) in [5.41, 5.74) is 0.132. The van der Waals surface area contributed by atoms with Crippen molar-refractivity contribution in [2.75, 3.05) is 31.8 Å². The van der Waals surface area contributed by atoms with Crippen molar-refractivity contribution in [2.45, 2.75) is 4.90 Å². The van der Waals surface area contributed by atoms with Crippen LogP contribution in [0.2, 0.25) is 5.02 Å². The van der Waals surface area contributed by atoms with E-state index in [0.717, 1.165) is 6.07 Å². The molecule has 2 aromatic carbocycles. The number of benzene rings is 2. The molecule has 0 saturated carbocycles. The second-order valence-electron chi connectivity index (χ2n) is 5.82. The van der Waals surface area contributed by atoms with Crippen LogP contribution in [0.1, 0.15) is 10.4 Å². The van der Waals surface area contributed by atoms with Crippen LogP contribution in [0.5, 0.6) is 0 Å². The van der Waals surface area contributed by atoms with E-state index in [0.29, 0.717) is 4.90 Å². The number of ether oxygens (including phenoxy) is 1. The smallest absolute Gasteiger partial charge is 0.339 e. The van der Waals surface area contributed by atoms with Crippen molar-refractivity contribution < 1.29 is 23.5 Å². The predicted molar refractivity (Wildman–Crippen MR) is 106 cm³/mol. The Bertz CT molecular complexity index is 892. The summed E-state index contributed by atoms with van der Waals surface area (Å²) in [5, 5.41) is 2.55. The summed E-state index contributed by atoms with van der Waals surface area (Å²) in [7, 11) is 3.29. The lowest BCUT2D eigenvalue weighted by Crippen LogP contribution is -2.23. The Kier molecular flexibility index (Phi) is 7.83. The Morgan fingerprint density at radius 2 is 1.89 bits per heavy atom. The number of hydrogen-bond donors (Lipinski definition) is 1. The van der Waals surface area contributed by atoms with Crippen molar-refractivity contribution in [1.29, 1.82) is 0 Å². The first kappa shape index (κ1) is 21.7. The van der Waals surface area contributed by atoms with Gasteiger partial charge >= 0.3 is 5.97 Å². The van der Waals surface area contributed by atoms with Gasteiger partial charge in [-0.15, -0.1) is 11.8 Å². The van der Waals surface area contributed by atoms with E-state index in [2.05, 4.69) is 5.32 Å². The molecule has 0 fully saturated rings. The molecule has 0 aliphatic carbocycles. The van der Waals surface area contributed by atoms with E-state index in [1.807, 2.05) is 0 Å². The van der Waals surface area contributed by atoms with Gasteiger partial charge in [0.25, 0.3) is 5.91 Å². The van der Waals surface area contributed by atoms with Crippen molar-refractivity contribution >= 4 is 46.8 Å². The van der Waals surface area contributed by atoms with Crippen LogP contribution in [0.4, 0.5) is 10.1 Å². The van der Waals surface area contributed by atoms with E-state index in [1.54, 1.807) is 38.4 Å². The maximum Gasteiger partial charge on any atom is 0.339 e. The van der Waals surface area contributed by atoms with E-state index < -0.39 is 24.3 Å². The standard InChI is InChI=1S/C19H18ClFN2O4S/c1-23(2)18(25)11-28-16-6-4-3-5-13(16)19(26)27-10-17(24)22-15-9-12(20)7-8-14(15)21/h3-9H,10-11H2,1-2H3,(H,22,24). The van der Waals surface area contributed by atoms with Crippen LogP contribution in [0.25, 0.3) is 0 Å². The van der Waals surface area contributed by atoms with Gasteiger partial charge < -0.3 is 15.0 Å². The molecule has 0 heterocycles. The van der Waals surface area contributed by atoms with Crippen LogP contribution in [0.15, 0.2) is 47.4 Å². The molecular formula is C19H18ClFN2O4S. The largest absolute Gasteiger partial charge is 0.452 e. The van der Waals surface area contributed by atoms with Gasteiger partial charge in [0.05, 0.1) is 17.0 Å². The van der Waals surface area contributed by atoms with E-state index in [4.69, 9.17) is 16.3 Å². The molecule has 0 aliphatic heterocycles. The van der Waals surface area contributed by atoms with Gasteiger partial charge in [-0.1, -0.05) is 23.7 Å². The number of nitrogens with zero attached hydrogens (tertiary/aromatic N) is 1. The maximum atomic E-state index is 13.6. The van der Waals surface area contributed by atoms with Crippen molar-refractivity contribution in [1.82, 2.24) is 4.90 Å². The molecule has 0 saturated heterocycles. The number of carbonyl (C=O) groups is 3. The van der Waals surface area contributed by atoms with Gasteiger partial charge in [0.1, 0.15) is 5.82 Å². The van der Waals surface area contributed by atoms with Crippen LogP contribution in [-0.2, 0) is 14.3 Å². The first-order chi connectivity index (χ1) is 13.3. The topological polar surface area (TPSA) is 75.7 Å². The Labute approximate surface area is 171 Å². The third kappa shape index (κ3) is 6.24. The van der Waals surface area contributed by atoms with Gasteiger partial charge in [0.2, 0.25) is 5.91 Å². The Balaban J connectivity index is 1.96. The minimum absolute atomic E-state index is 0.101. The highest BCUT2D eigenvalue weighted by Crippen LogP contribution is 2.24. The number of carbonyl (C=O) groups excluding carboxylic acids is 3. The SMILES string of the molecule is CN(C)C(=O)CSc1ccccc1C(=O)OCC(=O)Nc1cc(Cl)ccc1F. The van der Waals surface area contributed by atoms with Gasteiger partial charge in [-0.25, -0.2) is 9.18 Å².